The van der Waals surface area contributed by atoms with Crippen LogP contribution in [0.1, 0.15) is 37.2 Å². The summed E-state index contributed by atoms with van der Waals surface area (Å²) in [7, 11) is 0. The maximum absolute atomic E-state index is 5.97. The highest BCUT2D eigenvalue weighted by molar-refractivity contribution is 5.40. The normalized spacial score (nSPS) is 16.7. The Hall–Kier alpha value is -2.04. The predicted octanol–water partition coefficient (Wildman–Crippen LogP) is 2.08. The summed E-state index contributed by atoms with van der Waals surface area (Å²) in [4.78, 5) is 4.12. The Morgan fingerprint density at radius 3 is 3.00 bits per heavy atom. The van der Waals surface area contributed by atoms with E-state index in [1.807, 2.05) is 6.07 Å². The SMILES string of the molecule is CC1(C)CCc2cc(Cc3nc(N)n[nH]3)ccc2O1. The molecule has 1 aromatic carbocycles. The van der Waals surface area contributed by atoms with E-state index < -0.39 is 0 Å². The number of H-pyrrole nitrogens is 1. The molecule has 0 atom stereocenters. The summed E-state index contributed by atoms with van der Waals surface area (Å²) >= 11 is 0. The fourth-order valence-corrected chi connectivity index (χ4v) is 2.40. The Balaban J connectivity index is 1.82. The van der Waals surface area contributed by atoms with Gasteiger partial charge in [-0.1, -0.05) is 12.1 Å². The van der Waals surface area contributed by atoms with Gasteiger partial charge in [-0.3, -0.25) is 5.10 Å². The third kappa shape index (κ3) is 2.54. The molecule has 19 heavy (non-hydrogen) atoms. The highest BCUT2D eigenvalue weighted by atomic mass is 16.5. The zero-order valence-electron chi connectivity index (χ0n) is 11.2. The maximum atomic E-state index is 5.97. The number of nitrogens with one attached hydrogen (secondary N) is 1. The van der Waals surface area contributed by atoms with Crippen molar-refractivity contribution in [3.63, 3.8) is 0 Å². The van der Waals surface area contributed by atoms with Crippen molar-refractivity contribution in [3.8, 4) is 5.75 Å². The summed E-state index contributed by atoms with van der Waals surface area (Å²) in [6, 6.07) is 6.30. The van der Waals surface area contributed by atoms with E-state index in [1.54, 1.807) is 0 Å². The van der Waals surface area contributed by atoms with Gasteiger partial charge < -0.3 is 10.5 Å². The molecule has 2 heterocycles. The Labute approximate surface area is 112 Å². The van der Waals surface area contributed by atoms with Gasteiger partial charge in [0.2, 0.25) is 5.95 Å². The van der Waals surface area contributed by atoms with Gasteiger partial charge in [-0.2, -0.15) is 4.98 Å². The highest BCUT2D eigenvalue weighted by Crippen LogP contribution is 2.33. The molecule has 0 spiro atoms. The van der Waals surface area contributed by atoms with Crippen LogP contribution in [0.15, 0.2) is 18.2 Å². The van der Waals surface area contributed by atoms with Crippen LogP contribution < -0.4 is 10.5 Å². The molecule has 0 aliphatic carbocycles. The van der Waals surface area contributed by atoms with Gasteiger partial charge in [0.1, 0.15) is 17.2 Å². The van der Waals surface area contributed by atoms with Gasteiger partial charge in [-0.05, 0) is 43.9 Å². The van der Waals surface area contributed by atoms with Crippen LogP contribution in [0.25, 0.3) is 0 Å². The molecule has 3 rings (SSSR count). The van der Waals surface area contributed by atoms with Gasteiger partial charge in [0, 0.05) is 6.42 Å². The van der Waals surface area contributed by atoms with Gasteiger partial charge in [0.05, 0.1) is 0 Å². The van der Waals surface area contributed by atoms with Crippen molar-refractivity contribution in [2.75, 3.05) is 5.73 Å². The summed E-state index contributed by atoms with van der Waals surface area (Å²) < 4.78 is 5.97. The van der Waals surface area contributed by atoms with Crippen molar-refractivity contribution in [1.29, 1.82) is 0 Å². The molecular weight excluding hydrogens is 240 g/mol. The summed E-state index contributed by atoms with van der Waals surface area (Å²) in [5.41, 5.74) is 7.90. The van der Waals surface area contributed by atoms with Crippen LogP contribution in [-0.4, -0.2) is 20.8 Å². The lowest BCUT2D eigenvalue weighted by molar-refractivity contribution is 0.0846. The first kappa shape index (κ1) is 12.0. The molecule has 0 radical (unpaired) electrons. The van der Waals surface area contributed by atoms with Gasteiger partial charge in [-0.15, -0.1) is 5.10 Å². The lowest BCUT2D eigenvalue weighted by atomic mass is 9.93. The van der Waals surface area contributed by atoms with Crippen molar-refractivity contribution in [1.82, 2.24) is 15.2 Å². The maximum Gasteiger partial charge on any atom is 0.239 e. The van der Waals surface area contributed by atoms with Crippen molar-refractivity contribution in [2.45, 2.75) is 38.7 Å². The zero-order valence-corrected chi connectivity index (χ0v) is 11.2. The molecular formula is C14H18N4O. The van der Waals surface area contributed by atoms with Crippen molar-refractivity contribution < 1.29 is 4.74 Å². The number of hydrogen-bond donors (Lipinski definition) is 2. The minimum atomic E-state index is -0.0616. The minimum Gasteiger partial charge on any atom is -0.488 e. The number of hydrogen-bond acceptors (Lipinski definition) is 4. The number of benzene rings is 1. The Kier molecular flexibility index (Phi) is 2.69. The standard InChI is InChI=1S/C14H18N4O/c1-14(2)6-5-10-7-9(3-4-11(10)19-14)8-12-16-13(15)18-17-12/h3-4,7H,5-6,8H2,1-2H3,(H3,15,16,17,18). The second-order valence-corrected chi connectivity index (χ2v) is 5.62. The largest absolute Gasteiger partial charge is 0.488 e. The Morgan fingerprint density at radius 1 is 1.42 bits per heavy atom. The molecule has 0 unspecified atom stereocenters. The number of fused-ring (bicyclic) bond motifs is 1. The van der Waals surface area contributed by atoms with Crippen LogP contribution >= 0.6 is 0 Å². The van der Waals surface area contributed by atoms with Crippen molar-refractivity contribution >= 4 is 5.95 Å². The van der Waals surface area contributed by atoms with E-state index in [4.69, 9.17) is 10.5 Å². The first-order valence-electron chi connectivity index (χ1n) is 6.49. The molecule has 1 aliphatic rings. The van der Waals surface area contributed by atoms with Crippen molar-refractivity contribution in [2.24, 2.45) is 0 Å². The average molecular weight is 258 g/mol. The third-order valence-corrected chi connectivity index (χ3v) is 3.43. The van der Waals surface area contributed by atoms with E-state index in [0.717, 1.165) is 24.4 Å². The van der Waals surface area contributed by atoms with Crippen LogP contribution in [0.3, 0.4) is 0 Å². The van der Waals surface area contributed by atoms with E-state index in [1.165, 1.54) is 11.1 Å². The van der Waals surface area contributed by atoms with Crippen molar-refractivity contribution in [3.05, 3.63) is 35.2 Å². The molecule has 0 saturated carbocycles. The molecule has 1 aliphatic heterocycles. The summed E-state index contributed by atoms with van der Waals surface area (Å²) in [5, 5.41) is 6.67. The smallest absolute Gasteiger partial charge is 0.239 e. The predicted molar refractivity (Wildman–Crippen MR) is 73.1 cm³/mol. The summed E-state index contributed by atoms with van der Waals surface area (Å²) in [5.74, 6) is 2.07. The molecule has 1 aromatic heterocycles. The molecule has 5 nitrogen and oxygen atoms in total. The van der Waals surface area contributed by atoms with E-state index in [-0.39, 0.29) is 11.5 Å². The number of rotatable bonds is 2. The minimum absolute atomic E-state index is 0.0616. The molecule has 3 N–H and O–H groups in total. The number of nitrogens with two attached hydrogens (primary N) is 1. The fourth-order valence-electron chi connectivity index (χ4n) is 2.40. The molecule has 100 valence electrons. The van der Waals surface area contributed by atoms with Gasteiger partial charge in [0.15, 0.2) is 0 Å². The quantitative estimate of drug-likeness (QED) is 0.864. The van der Waals surface area contributed by atoms with E-state index in [9.17, 15) is 0 Å². The van der Waals surface area contributed by atoms with E-state index in [0.29, 0.717) is 6.42 Å². The molecule has 5 heteroatoms. The second kappa shape index (κ2) is 4.26. The van der Waals surface area contributed by atoms with Gasteiger partial charge in [-0.25, -0.2) is 0 Å². The number of aromatic nitrogens is 3. The first-order chi connectivity index (χ1) is 9.02. The number of anilines is 1. The molecule has 0 fully saturated rings. The average Bonchev–Trinajstić information content (AvgIpc) is 2.74. The van der Waals surface area contributed by atoms with Crippen LogP contribution in [0.5, 0.6) is 5.75 Å². The topological polar surface area (TPSA) is 76.8 Å². The third-order valence-electron chi connectivity index (χ3n) is 3.43. The van der Waals surface area contributed by atoms with Crippen LogP contribution in [0.4, 0.5) is 5.95 Å². The lowest BCUT2D eigenvalue weighted by Gasteiger charge is -2.32. The second-order valence-electron chi connectivity index (χ2n) is 5.62. The number of nitrogen functional groups attached to an aromatic ring is 1. The monoisotopic (exact) mass is 258 g/mol. The Morgan fingerprint density at radius 2 is 2.26 bits per heavy atom. The number of aryl methyl sites for hydroxylation is 1. The summed E-state index contributed by atoms with van der Waals surface area (Å²) in [6.07, 6.45) is 2.80. The highest BCUT2D eigenvalue weighted by Gasteiger charge is 2.26. The number of nitrogens with zero attached hydrogens (tertiary/aromatic N) is 2. The summed E-state index contributed by atoms with van der Waals surface area (Å²) in [6.45, 7) is 4.25. The van der Waals surface area contributed by atoms with E-state index in [2.05, 4.69) is 41.2 Å². The van der Waals surface area contributed by atoms with Crippen LogP contribution in [-0.2, 0) is 12.8 Å². The van der Waals surface area contributed by atoms with Crippen LogP contribution in [0, 0.1) is 0 Å². The van der Waals surface area contributed by atoms with E-state index >= 15 is 0 Å². The fraction of sp³-hybridized carbons (Fsp3) is 0.429. The molecule has 2 aromatic rings. The first-order valence-corrected chi connectivity index (χ1v) is 6.49. The van der Waals surface area contributed by atoms with Gasteiger partial charge in [0.25, 0.3) is 0 Å². The number of ether oxygens (including phenoxy) is 1. The lowest BCUT2D eigenvalue weighted by Crippen LogP contribution is -2.32. The van der Waals surface area contributed by atoms with Crippen LogP contribution in [0.2, 0.25) is 0 Å². The van der Waals surface area contributed by atoms with Gasteiger partial charge >= 0.3 is 0 Å². The number of aromatic amines is 1. The Bertz CT molecular complexity index is 603. The molecule has 0 bridgehead atoms. The molecule has 0 amide bonds. The zero-order chi connectivity index (χ0) is 13.5. The molecule has 0 saturated heterocycles.